The number of ether oxygens (including phenoxy) is 1. The third-order valence-electron chi connectivity index (χ3n) is 3.42. The van der Waals surface area contributed by atoms with Crippen LogP contribution in [0.5, 0.6) is 0 Å². The fourth-order valence-electron chi connectivity index (χ4n) is 2.40. The molecule has 2 N–H and O–H groups in total. The standard InChI is InChI=1S/C15H19NO3/c1-2-19-15(18)13(16)9-14(17)12-7-6-10-4-3-5-11(10)8-12/h6-8,13H,2-5,9,16H2,1H3. The summed E-state index contributed by atoms with van der Waals surface area (Å²) in [5.74, 6) is -0.618. The molecule has 1 aromatic carbocycles. The largest absolute Gasteiger partial charge is 0.465 e. The van der Waals surface area contributed by atoms with E-state index < -0.39 is 12.0 Å². The van der Waals surface area contributed by atoms with Crippen LogP contribution in [0.3, 0.4) is 0 Å². The van der Waals surface area contributed by atoms with Gasteiger partial charge in [0.15, 0.2) is 5.78 Å². The van der Waals surface area contributed by atoms with Gasteiger partial charge in [0, 0.05) is 12.0 Å². The molecule has 1 unspecified atom stereocenters. The average molecular weight is 261 g/mol. The van der Waals surface area contributed by atoms with Gasteiger partial charge in [-0.1, -0.05) is 12.1 Å². The van der Waals surface area contributed by atoms with E-state index in [0.29, 0.717) is 5.56 Å². The van der Waals surface area contributed by atoms with E-state index in [-0.39, 0.29) is 18.8 Å². The molecule has 0 radical (unpaired) electrons. The molecule has 4 heteroatoms. The van der Waals surface area contributed by atoms with Crippen molar-refractivity contribution in [1.82, 2.24) is 0 Å². The van der Waals surface area contributed by atoms with Crippen LogP contribution in [0.15, 0.2) is 18.2 Å². The minimum absolute atomic E-state index is 0.00236. The molecule has 1 aromatic rings. The summed E-state index contributed by atoms with van der Waals surface area (Å²) in [7, 11) is 0. The van der Waals surface area contributed by atoms with E-state index in [1.165, 1.54) is 11.1 Å². The summed E-state index contributed by atoms with van der Waals surface area (Å²) >= 11 is 0. The summed E-state index contributed by atoms with van der Waals surface area (Å²) in [4.78, 5) is 23.5. The lowest BCUT2D eigenvalue weighted by Gasteiger charge is -2.10. The highest BCUT2D eigenvalue weighted by molar-refractivity contribution is 5.99. The van der Waals surface area contributed by atoms with Crippen LogP contribution in [0.2, 0.25) is 0 Å². The number of hydrogen-bond donors (Lipinski definition) is 1. The normalized spacial score (nSPS) is 14.8. The number of ketones is 1. The first-order valence-corrected chi connectivity index (χ1v) is 6.69. The van der Waals surface area contributed by atoms with Crippen molar-refractivity contribution in [2.45, 2.75) is 38.6 Å². The maximum Gasteiger partial charge on any atom is 0.323 e. The maximum atomic E-state index is 12.1. The topological polar surface area (TPSA) is 69.4 Å². The predicted octanol–water partition coefficient (Wildman–Crippen LogP) is 1.64. The number of benzene rings is 1. The molecule has 0 fully saturated rings. The number of fused-ring (bicyclic) bond motifs is 1. The van der Waals surface area contributed by atoms with Crippen molar-refractivity contribution >= 4 is 11.8 Å². The van der Waals surface area contributed by atoms with E-state index in [1.54, 1.807) is 6.92 Å². The van der Waals surface area contributed by atoms with Gasteiger partial charge in [-0.3, -0.25) is 9.59 Å². The number of carbonyl (C=O) groups is 2. The summed E-state index contributed by atoms with van der Waals surface area (Å²) in [5, 5.41) is 0. The molecule has 1 aliphatic rings. The highest BCUT2D eigenvalue weighted by Crippen LogP contribution is 2.23. The molecule has 102 valence electrons. The quantitative estimate of drug-likeness (QED) is 0.646. The number of nitrogens with two attached hydrogens (primary N) is 1. The molecule has 0 saturated carbocycles. The lowest BCUT2D eigenvalue weighted by molar-refractivity contribution is -0.144. The van der Waals surface area contributed by atoms with E-state index >= 15 is 0 Å². The second kappa shape index (κ2) is 5.97. The smallest absolute Gasteiger partial charge is 0.323 e. The SMILES string of the molecule is CCOC(=O)C(N)CC(=O)c1ccc2c(c1)CCC2. The first kappa shape index (κ1) is 13.7. The van der Waals surface area contributed by atoms with E-state index in [4.69, 9.17) is 10.5 Å². The fraction of sp³-hybridized carbons (Fsp3) is 0.467. The number of rotatable bonds is 5. The van der Waals surface area contributed by atoms with Gasteiger partial charge in [0.25, 0.3) is 0 Å². The summed E-state index contributed by atoms with van der Waals surface area (Å²) in [6.07, 6.45) is 3.26. The van der Waals surface area contributed by atoms with Gasteiger partial charge in [-0.25, -0.2) is 0 Å². The molecule has 2 rings (SSSR count). The van der Waals surface area contributed by atoms with Crippen molar-refractivity contribution in [3.8, 4) is 0 Å². The third-order valence-corrected chi connectivity index (χ3v) is 3.42. The molecule has 0 heterocycles. The number of aryl methyl sites for hydroxylation is 2. The fourth-order valence-corrected chi connectivity index (χ4v) is 2.40. The third kappa shape index (κ3) is 3.20. The molecular weight excluding hydrogens is 242 g/mol. The van der Waals surface area contributed by atoms with Gasteiger partial charge >= 0.3 is 5.97 Å². The van der Waals surface area contributed by atoms with Gasteiger partial charge in [-0.15, -0.1) is 0 Å². The first-order valence-electron chi connectivity index (χ1n) is 6.69. The molecule has 4 nitrogen and oxygen atoms in total. The van der Waals surface area contributed by atoms with Gasteiger partial charge in [0.05, 0.1) is 6.61 Å². The van der Waals surface area contributed by atoms with Crippen molar-refractivity contribution < 1.29 is 14.3 Å². The molecule has 0 spiro atoms. The van der Waals surface area contributed by atoms with E-state index in [1.807, 2.05) is 18.2 Å². The Balaban J connectivity index is 2.02. The Kier molecular flexibility index (Phi) is 4.32. The molecule has 19 heavy (non-hydrogen) atoms. The Morgan fingerprint density at radius 1 is 1.32 bits per heavy atom. The lowest BCUT2D eigenvalue weighted by Crippen LogP contribution is -2.34. The first-order chi connectivity index (χ1) is 9.11. The van der Waals surface area contributed by atoms with Crippen LogP contribution in [0.25, 0.3) is 0 Å². The highest BCUT2D eigenvalue weighted by Gasteiger charge is 2.20. The molecule has 0 aromatic heterocycles. The van der Waals surface area contributed by atoms with Crippen LogP contribution in [0, 0.1) is 0 Å². The number of hydrogen-bond acceptors (Lipinski definition) is 4. The van der Waals surface area contributed by atoms with E-state index in [0.717, 1.165) is 19.3 Å². The summed E-state index contributed by atoms with van der Waals surface area (Å²) in [6, 6.07) is 4.89. The molecule has 1 aliphatic carbocycles. The monoisotopic (exact) mass is 261 g/mol. The number of carbonyl (C=O) groups excluding carboxylic acids is 2. The van der Waals surface area contributed by atoms with E-state index in [2.05, 4.69) is 0 Å². The number of Topliss-reactive ketones (excluding diaryl/α,β-unsaturated/α-hetero) is 1. The van der Waals surface area contributed by atoms with Crippen LogP contribution in [0.1, 0.15) is 41.3 Å². The van der Waals surface area contributed by atoms with Gasteiger partial charge in [-0.2, -0.15) is 0 Å². The van der Waals surface area contributed by atoms with Crippen molar-refractivity contribution in [2.75, 3.05) is 6.61 Å². The Bertz CT molecular complexity index is 496. The van der Waals surface area contributed by atoms with Crippen LogP contribution < -0.4 is 5.73 Å². The van der Waals surface area contributed by atoms with Crippen molar-refractivity contribution in [3.63, 3.8) is 0 Å². The van der Waals surface area contributed by atoms with Crippen LogP contribution in [-0.2, 0) is 22.4 Å². The molecule has 0 aliphatic heterocycles. The van der Waals surface area contributed by atoms with Gasteiger partial charge in [0.2, 0.25) is 0 Å². The van der Waals surface area contributed by atoms with Gasteiger partial charge in [-0.05, 0) is 43.4 Å². The zero-order chi connectivity index (χ0) is 13.8. The minimum Gasteiger partial charge on any atom is -0.465 e. The second-order valence-electron chi connectivity index (χ2n) is 4.82. The Labute approximate surface area is 112 Å². The molecular formula is C15H19NO3. The van der Waals surface area contributed by atoms with Crippen LogP contribution in [-0.4, -0.2) is 24.4 Å². The lowest BCUT2D eigenvalue weighted by atomic mass is 10.00. The maximum absolute atomic E-state index is 12.1. The molecule has 0 bridgehead atoms. The molecule has 0 amide bonds. The van der Waals surface area contributed by atoms with Crippen molar-refractivity contribution in [1.29, 1.82) is 0 Å². The van der Waals surface area contributed by atoms with Gasteiger partial charge < -0.3 is 10.5 Å². The number of esters is 1. The van der Waals surface area contributed by atoms with Crippen LogP contribution in [0.4, 0.5) is 0 Å². The Hall–Kier alpha value is -1.68. The zero-order valence-corrected chi connectivity index (χ0v) is 11.1. The Morgan fingerprint density at radius 3 is 2.79 bits per heavy atom. The summed E-state index contributed by atoms with van der Waals surface area (Å²) in [5.41, 5.74) is 8.87. The Morgan fingerprint density at radius 2 is 2.05 bits per heavy atom. The molecule has 0 saturated heterocycles. The van der Waals surface area contributed by atoms with Crippen LogP contribution >= 0.6 is 0 Å². The summed E-state index contributed by atoms with van der Waals surface area (Å²) < 4.78 is 4.80. The van der Waals surface area contributed by atoms with Crippen molar-refractivity contribution in [3.05, 3.63) is 34.9 Å². The predicted molar refractivity (Wildman–Crippen MR) is 72.0 cm³/mol. The average Bonchev–Trinajstić information content (AvgIpc) is 2.85. The second-order valence-corrected chi connectivity index (χ2v) is 4.82. The molecule has 1 atom stereocenters. The van der Waals surface area contributed by atoms with Crippen molar-refractivity contribution in [2.24, 2.45) is 5.73 Å². The summed E-state index contributed by atoms with van der Waals surface area (Å²) in [6.45, 7) is 1.99. The minimum atomic E-state index is -0.874. The van der Waals surface area contributed by atoms with E-state index in [9.17, 15) is 9.59 Å². The van der Waals surface area contributed by atoms with Gasteiger partial charge in [0.1, 0.15) is 6.04 Å². The zero-order valence-electron chi connectivity index (χ0n) is 11.1. The highest BCUT2D eigenvalue weighted by atomic mass is 16.5.